The zero-order valence-electron chi connectivity index (χ0n) is 12.7. The average molecular weight is 316 g/mol. The van der Waals surface area contributed by atoms with Crippen LogP contribution in [-0.4, -0.2) is 13.7 Å². The number of nitriles is 1. The van der Waals surface area contributed by atoms with E-state index in [2.05, 4.69) is 6.07 Å². The third-order valence-corrected chi connectivity index (χ3v) is 3.71. The van der Waals surface area contributed by atoms with Crippen LogP contribution in [0, 0.1) is 18.3 Å². The molecule has 1 atom stereocenters. The molecule has 0 aliphatic carbocycles. The van der Waals surface area contributed by atoms with Gasteiger partial charge in [-0.15, -0.1) is 0 Å². The van der Waals surface area contributed by atoms with Crippen LogP contribution < -0.4 is 9.47 Å². The van der Waals surface area contributed by atoms with Crippen molar-refractivity contribution in [1.82, 2.24) is 0 Å². The van der Waals surface area contributed by atoms with Crippen LogP contribution in [0.5, 0.6) is 11.5 Å². The lowest BCUT2D eigenvalue weighted by Crippen LogP contribution is -2.06. The van der Waals surface area contributed by atoms with Gasteiger partial charge in [-0.1, -0.05) is 29.8 Å². The Kier molecular flexibility index (Phi) is 5.68. The number of rotatable bonds is 6. The first kappa shape index (κ1) is 16.2. The molecule has 0 bridgehead atoms. The minimum absolute atomic E-state index is 0.260. The summed E-state index contributed by atoms with van der Waals surface area (Å²) in [7, 11) is 1.61. The Labute approximate surface area is 136 Å². The fourth-order valence-corrected chi connectivity index (χ4v) is 2.53. The molecule has 0 saturated carbocycles. The van der Waals surface area contributed by atoms with Crippen LogP contribution >= 0.6 is 11.6 Å². The number of ether oxygens (including phenoxy) is 2. The minimum Gasteiger partial charge on any atom is -0.496 e. The van der Waals surface area contributed by atoms with Crippen LogP contribution in [0.4, 0.5) is 0 Å². The maximum Gasteiger partial charge on any atom is 0.123 e. The maximum atomic E-state index is 9.41. The molecule has 0 aromatic heterocycles. The van der Waals surface area contributed by atoms with Gasteiger partial charge >= 0.3 is 0 Å². The molecule has 0 N–H and O–H groups in total. The Bertz CT molecular complexity index is 679. The van der Waals surface area contributed by atoms with Crippen LogP contribution in [-0.2, 0) is 0 Å². The molecular weight excluding hydrogens is 298 g/mol. The Morgan fingerprint density at radius 1 is 1.18 bits per heavy atom. The third-order valence-electron chi connectivity index (χ3n) is 3.47. The lowest BCUT2D eigenvalue weighted by molar-refractivity contribution is 0.302. The molecule has 0 aliphatic heterocycles. The number of para-hydroxylation sites is 1. The summed E-state index contributed by atoms with van der Waals surface area (Å²) >= 11 is 5.92. The number of hydrogen-bond donors (Lipinski definition) is 0. The molecule has 1 unspecified atom stereocenters. The van der Waals surface area contributed by atoms with E-state index in [1.54, 1.807) is 13.2 Å². The molecule has 0 aliphatic rings. The van der Waals surface area contributed by atoms with Crippen molar-refractivity contribution in [3.63, 3.8) is 0 Å². The van der Waals surface area contributed by atoms with Crippen LogP contribution in [0.3, 0.4) is 0 Å². The summed E-state index contributed by atoms with van der Waals surface area (Å²) < 4.78 is 11.1. The van der Waals surface area contributed by atoms with E-state index in [1.165, 1.54) is 0 Å². The third kappa shape index (κ3) is 3.93. The summed E-state index contributed by atoms with van der Waals surface area (Å²) in [4.78, 5) is 0. The molecule has 22 heavy (non-hydrogen) atoms. The molecule has 0 saturated heterocycles. The SMILES string of the molecule is COc1ccccc1C(C#N)CCOc1ccc(Cl)cc1C. The molecule has 2 rings (SSSR count). The monoisotopic (exact) mass is 315 g/mol. The summed E-state index contributed by atoms with van der Waals surface area (Å²) in [5, 5.41) is 10.1. The minimum atomic E-state index is -0.260. The van der Waals surface area contributed by atoms with Gasteiger partial charge in [0.15, 0.2) is 0 Å². The van der Waals surface area contributed by atoms with Gasteiger partial charge in [-0.05, 0) is 36.8 Å². The predicted octanol–water partition coefficient (Wildman–Crippen LogP) is 4.73. The van der Waals surface area contributed by atoms with Crippen molar-refractivity contribution in [2.75, 3.05) is 13.7 Å². The lowest BCUT2D eigenvalue weighted by Gasteiger charge is -2.15. The predicted molar refractivity (Wildman–Crippen MR) is 87.6 cm³/mol. The van der Waals surface area contributed by atoms with E-state index in [4.69, 9.17) is 21.1 Å². The second kappa shape index (κ2) is 7.72. The molecule has 114 valence electrons. The topological polar surface area (TPSA) is 42.2 Å². The van der Waals surface area contributed by atoms with E-state index in [-0.39, 0.29) is 5.92 Å². The van der Waals surface area contributed by atoms with Crippen LogP contribution in [0.1, 0.15) is 23.5 Å². The first-order valence-electron chi connectivity index (χ1n) is 7.07. The van der Waals surface area contributed by atoms with Crippen LogP contribution in [0.2, 0.25) is 5.02 Å². The van der Waals surface area contributed by atoms with Crippen LogP contribution in [0.15, 0.2) is 42.5 Å². The summed E-state index contributed by atoms with van der Waals surface area (Å²) in [6.07, 6.45) is 0.596. The highest BCUT2D eigenvalue weighted by atomic mass is 35.5. The highest BCUT2D eigenvalue weighted by Gasteiger charge is 2.15. The summed E-state index contributed by atoms with van der Waals surface area (Å²) in [6.45, 7) is 2.40. The molecule has 0 spiro atoms. The van der Waals surface area contributed by atoms with E-state index in [0.29, 0.717) is 18.1 Å². The highest BCUT2D eigenvalue weighted by Crippen LogP contribution is 2.29. The van der Waals surface area contributed by atoms with Gasteiger partial charge in [-0.2, -0.15) is 5.26 Å². The number of aryl methyl sites for hydroxylation is 1. The van der Waals surface area contributed by atoms with E-state index in [9.17, 15) is 5.26 Å². The van der Waals surface area contributed by atoms with Gasteiger partial charge in [-0.25, -0.2) is 0 Å². The quantitative estimate of drug-likeness (QED) is 0.773. The van der Waals surface area contributed by atoms with Crippen molar-refractivity contribution in [1.29, 1.82) is 5.26 Å². The van der Waals surface area contributed by atoms with Crippen LogP contribution in [0.25, 0.3) is 0 Å². The molecule has 2 aromatic carbocycles. The molecule has 0 radical (unpaired) electrons. The number of methoxy groups -OCH3 is 1. The zero-order chi connectivity index (χ0) is 15.9. The molecule has 3 nitrogen and oxygen atoms in total. The Hall–Kier alpha value is -2.18. The first-order valence-corrected chi connectivity index (χ1v) is 7.45. The van der Waals surface area contributed by atoms with Crippen molar-refractivity contribution in [3.05, 3.63) is 58.6 Å². The van der Waals surface area contributed by atoms with Crippen molar-refractivity contribution in [3.8, 4) is 17.6 Å². The van der Waals surface area contributed by atoms with Crippen molar-refractivity contribution < 1.29 is 9.47 Å². The number of halogens is 1. The fraction of sp³-hybridized carbons (Fsp3) is 0.278. The zero-order valence-corrected chi connectivity index (χ0v) is 13.4. The van der Waals surface area contributed by atoms with Gasteiger partial charge in [0.05, 0.1) is 25.7 Å². The average Bonchev–Trinajstić information content (AvgIpc) is 2.53. The van der Waals surface area contributed by atoms with Crippen molar-refractivity contribution in [2.45, 2.75) is 19.3 Å². The molecule has 0 amide bonds. The van der Waals surface area contributed by atoms with Gasteiger partial charge < -0.3 is 9.47 Å². The molecule has 4 heteroatoms. The Morgan fingerprint density at radius 2 is 1.95 bits per heavy atom. The van der Waals surface area contributed by atoms with Gasteiger partial charge in [0.1, 0.15) is 11.5 Å². The normalized spacial score (nSPS) is 11.5. The second-order valence-electron chi connectivity index (χ2n) is 4.97. The molecule has 2 aromatic rings. The smallest absolute Gasteiger partial charge is 0.123 e. The first-order chi connectivity index (χ1) is 10.7. The van der Waals surface area contributed by atoms with Crippen molar-refractivity contribution in [2.24, 2.45) is 0 Å². The van der Waals surface area contributed by atoms with E-state index < -0.39 is 0 Å². The van der Waals surface area contributed by atoms with Gasteiger partial charge in [0, 0.05) is 17.0 Å². The number of hydrogen-bond acceptors (Lipinski definition) is 3. The summed E-state index contributed by atoms with van der Waals surface area (Å²) in [5.41, 5.74) is 1.88. The van der Waals surface area contributed by atoms with E-state index >= 15 is 0 Å². The van der Waals surface area contributed by atoms with Gasteiger partial charge in [-0.3, -0.25) is 0 Å². The summed E-state index contributed by atoms with van der Waals surface area (Å²) in [6, 6.07) is 15.4. The molecule has 0 fully saturated rings. The van der Waals surface area contributed by atoms with E-state index in [1.807, 2.05) is 43.3 Å². The molecule has 0 heterocycles. The van der Waals surface area contributed by atoms with E-state index in [0.717, 1.165) is 22.6 Å². The largest absolute Gasteiger partial charge is 0.496 e. The van der Waals surface area contributed by atoms with Gasteiger partial charge in [0.2, 0.25) is 0 Å². The molecular formula is C18H18ClNO2. The lowest BCUT2D eigenvalue weighted by atomic mass is 9.96. The van der Waals surface area contributed by atoms with Gasteiger partial charge in [0.25, 0.3) is 0 Å². The standard InChI is InChI=1S/C18H18ClNO2/c1-13-11-15(19)7-8-17(13)22-10-9-14(12-20)16-5-3-4-6-18(16)21-2/h3-8,11,14H,9-10H2,1-2H3. The second-order valence-corrected chi connectivity index (χ2v) is 5.41. The Balaban J connectivity index is 2.01. The number of benzene rings is 2. The van der Waals surface area contributed by atoms with Crippen molar-refractivity contribution >= 4 is 11.6 Å². The number of nitrogens with zero attached hydrogens (tertiary/aromatic N) is 1. The fourth-order valence-electron chi connectivity index (χ4n) is 2.31. The Morgan fingerprint density at radius 3 is 2.64 bits per heavy atom. The maximum absolute atomic E-state index is 9.41. The highest BCUT2D eigenvalue weighted by molar-refractivity contribution is 6.30. The summed E-state index contributed by atoms with van der Waals surface area (Å²) in [5.74, 6) is 1.27.